The van der Waals surface area contributed by atoms with Gasteiger partial charge in [0.25, 0.3) is 0 Å². The summed E-state index contributed by atoms with van der Waals surface area (Å²) in [5.41, 5.74) is 4.50. The van der Waals surface area contributed by atoms with Gasteiger partial charge in [-0.3, -0.25) is 0 Å². The average molecular weight is 255 g/mol. The largest absolute Gasteiger partial charge is 0.382 e. The highest BCUT2D eigenvalue weighted by Crippen LogP contribution is 2.25. The van der Waals surface area contributed by atoms with Crippen molar-refractivity contribution >= 4 is 5.69 Å². The third-order valence-corrected chi connectivity index (χ3v) is 3.97. The first-order valence-electron chi connectivity index (χ1n) is 6.82. The molecule has 1 unspecified atom stereocenters. The van der Waals surface area contributed by atoms with Crippen molar-refractivity contribution in [1.82, 2.24) is 0 Å². The summed E-state index contributed by atoms with van der Waals surface area (Å²) in [5.74, 6) is -0.138. The van der Waals surface area contributed by atoms with Gasteiger partial charge in [-0.1, -0.05) is 30.3 Å². The molecule has 0 bridgehead atoms. The zero-order valence-electron chi connectivity index (χ0n) is 11.1. The number of benzene rings is 2. The number of fused-ring (bicyclic) bond motifs is 1. The van der Waals surface area contributed by atoms with Crippen molar-refractivity contribution < 1.29 is 4.39 Å². The topological polar surface area (TPSA) is 12.0 Å². The Kier molecular flexibility index (Phi) is 3.24. The molecule has 2 aromatic rings. The number of hydrogen-bond acceptors (Lipinski definition) is 1. The minimum atomic E-state index is -0.138. The molecule has 1 aliphatic rings. The Morgan fingerprint density at radius 1 is 1.05 bits per heavy atom. The Morgan fingerprint density at radius 2 is 1.84 bits per heavy atom. The summed E-state index contributed by atoms with van der Waals surface area (Å²) in [7, 11) is 0. The maximum Gasteiger partial charge on any atom is 0.128 e. The van der Waals surface area contributed by atoms with Crippen LogP contribution in [0, 0.1) is 12.7 Å². The summed E-state index contributed by atoms with van der Waals surface area (Å²) in [5, 5.41) is 3.49. The van der Waals surface area contributed by atoms with E-state index < -0.39 is 0 Å². The van der Waals surface area contributed by atoms with Gasteiger partial charge in [-0.15, -0.1) is 0 Å². The summed E-state index contributed by atoms with van der Waals surface area (Å²) >= 11 is 0. The van der Waals surface area contributed by atoms with E-state index in [9.17, 15) is 4.39 Å². The van der Waals surface area contributed by atoms with Crippen LogP contribution in [0.5, 0.6) is 0 Å². The number of rotatable bonds is 2. The van der Waals surface area contributed by atoms with E-state index in [1.54, 1.807) is 6.07 Å². The van der Waals surface area contributed by atoms with E-state index >= 15 is 0 Å². The lowest BCUT2D eigenvalue weighted by atomic mass is 9.88. The molecular formula is C17H18FN. The zero-order chi connectivity index (χ0) is 13.2. The lowest BCUT2D eigenvalue weighted by molar-refractivity contribution is 0.602. The molecule has 1 N–H and O–H groups in total. The molecule has 1 atom stereocenters. The second kappa shape index (κ2) is 5.04. The highest BCUT2D eigenvalue weighted by atomic mass is 19.1. The van der Waals surface area contributed by atoms with Gasteiger partial charge >= 0.3 is 0 Å². The van der Waals surface area contributed by atoms with Gasteiger partial charge in [0.15, 0.2) is 0 Å². The van der Waals surface area contributed by atoms with Crippen LogP contribution in [0.15, 0.2) is 42.5 Å². The van der Waals surface area contributed by atoms with E-state index in [2.05, 4.69) is 29.6 Å². The smallest absolute Gasteiger partial charge is 0.128 e. The van der Waals surface area contributed by atoms with Crippen molar-refractivity contribution in [2.75, 3.05) is 5.32 Å². The Balaban J connectivity index is 1.77. The van der Waals surface area contributed by atoms with Crippen LogP contribution in [0.2, 0.25) is 0 Å². The highest BCUT2D eigenvalue weighted by Gasteiger charge is 2.18. The molecule has 0 spiro atoms. The predicted octanol–water partition coefficient (Wildman–Crippen LogP) is 4.10. The molecule has 0 aromatic heterocycles. The number of aryl methyl sites for hydroxylation is 1. The van der Waals surface area contributed by atoms with Crippen molar-refractivity contribution in [3.05, 3.63) is 65.0 Å². The van der Waals surface area contributed by atoms with Crippen LogP contribution in [0.25, 0.3) is 0 Å². The number of anilines is 1. The van der Waals surface area contributed by atoms with E-state index in [0.29, 0.717) is 11.6 Å². The van der Waals surface area contributed by atoms with Crippen LogP contribution in [-0.2, 0) is 12.8 Å². The van der Waals surface area contributed by atoms with Crippen LogP contribution in [-0.4, -0.2) is 6.04 Å². The van der Waals surface area contributed by atoms with Crippen LogP contribution in [0.4, 0.5) is 10.1 Å². The zero-order valence-corrected chi connectivity index (χ0v) is 11.1. The SMILES string of the molecule is Cc1c(F)cccc1NC1CCc2ccccc2C1. The van der Waals surface area contributed by atoms with E-state index in [1.165, 1.54) is 17.2 Å². The normalized spacial score (nSPS) is 17.9. The fraction of sp³-hybridized carbons (Fsp3) is 0.294. The monoisotopic (exact) mass is 255 g/mol. The molecule has 0 saturated heterocycles. The van der Waals surface area contributed by atoms with Gasteiger partial charge in [-0.05, 0) is 49.4 Å². The van der Waals surface area contributed by atoms with Gasteiger partial charge < -0.3 is 5.32 Å². The van der Waals surface area contributed by atoms with Crippen LogP contribution in [0.1, 0.15) is 23.1 Å². The Morgan fingerprint density at radius 3 is 2.68 bits per heavy atom. The van der Waals surface area contributed by atoms with Crippen molar-refractivity contribution in [3.63, 3.8) is 0 Å². The van der Waals surface area contributed by atoms with Crippen molar-refractivity contribution in [3.8, 4) is 0 Å². The Labute approximate surface area is 113 Å². The molecule has 0 amide bonds. The molecule has 2 heteroatoms. The Bertz CT molecular complexity index is 592. The van der Waals surface area contributed by atoms with Crippen molar-refractivity contribution in [2.24, 2.45) is 0 Å². The van der Waals surface area contributed by atoms with E-state index in [4.69, 9.17) is 0 Å². The molecule has 1 nitrogen and oxygen atoms in total. The van der Waals surface area contributed by atoms with Gasteiger partial charge in [0, 0.05) is 17.3 Å². The van der Waals surface area contributed by atoms with Gasteiger partial charge in [0.05, 0.1) is 0 Å². The molecule has 2 aromatic carbocycles. The minimum Gasteiger partial charge on any atom is -0.382 e. The molecule has 0 fully saturated rings. The van der Waals surface area contributed by atoms with Gasteiger partial charge in [0.2, 0.25) is 0 Å². The van der Waals surface area contributed by atoms with Gasteiger partial charge in [-0.2, -0.15) is 0 Å². The van der Waals surface area contributed by atoms with Gasteiger partial charge in [0.1, 0.15) is 5.82 Å². The quantitative estimate of drug-likeness (QED) is 0.851. The van der Waals surface area contributed by atoms with E-state index in [1.807, 2.05) is 13.0 Å². The number of nitrogens with one attached hydrogen (secondary N) is 1. The van der Waals surface area contributed by atoms with Crippen molar-refractivity contribution in [2.45, 2.75) is 32.2 Å². The molecule has 19 heavy (non-hydrogen) atoms. The first-order valence-corrected chi connectivity index (χ1v) is 6.82. The highest BCUT2D eigenvalue weighted by molar-refractivity contribution is 5.52. The first kappa shape index (κ1) is 12.2. The second-order valence-electron chi connectivity index (χ2n) is 5.27. The molecule has 1 aliphatic carbocycles. The summed E-state index contributed by atoms with van der Waals surface area (Å²) in [6, 6.07) is 14.2. The van der Waals surface area contributed by atoms with Gasteiger partial charge in [-0.25, -0.2) is 4.39 Å². The molecule has 0 heterocycles. The second-order valence-corrected chi connectivity index (χ2v) is 5.27. The summed E-state index contributed by atoms with van der Waals surface area (Å²) in [6.07, 6.45) is 3.22. The van der Waals surface area contributed by atoms with Crippen LogP contribution in [0.3, 0.4) is 0 Å². The van der Waals surface area contributed by atoms with E-state index in [0.717, 1.165) is 24.9 Å². The maximum atomic E-state index is 13.5. The molecule has 0 radical (unpaired) electrons. The third kappa shape index (κ3) is 2.48. The maximum absolute atomic E-state index is 13.5. The first-order chi connectivity index (χ1) is 9.24. The third-order valence-electron chi connectivity index (χ3n) is 3.97. The molecule has 98 valence electrons. The van der Waals surface area contributed by atoms with E-state index in [-0.39, 0.29) is 5.82 Å². The van der Waals surface area contributed by atoms with Crippen LogP contribution < -0.4 is 5.32 Å². The number of halogens is 1. The minimum absolute atomic E-state index is 0.138. The molecule has 0 saturated carbocycles. The average Bonchev–Trinajstić information content (AvgIpc) is 2.44. The molecular weight excluding hydrogens is 237 g/mol. The van der Waals surface area contributed by atoms with Crippen molar-refractivity contribution in [1.29, 1.82) is 0 Å². The predicted molar refractivity (Wildman–Crippen MR) is 77.0 cm³/mol. The molecule has 3 rings (SSSR count). The molecule has 0 aliphatic heterocycles. The summed E-state index contributed by atoms with van der Waals surface area (Å²) < 4.78 is 13.5. The lowest BCUT2D eigenvalue weighted by Gasteiger charge is -2.27. The summed E-state index contributed by atoms with van der Waals surface area (Å²) in [4.78, 5) is 0. The fourth-order valence-electron chi connectivity index (χ4n) is 2.80. The summed E-state index contributed by atoms with van der Waals surface area (Å²) in [6.45, 7) is 1.83. The Hall–Kier alpha value is -1.83. The van der Waals surface area contributed by atoms with Crippen LogP contribution >= 0.6 is 0 Å². The fourth-order valence-corrected chi connectivity index (χ4v) is 2.80. The lowest BCUT2D eigenvalue weighted by Crippen LogP contribution is -2.27. The standard InChI is InChI=1S/C17H18FN/c1-12-16(18)7-4-8-17(12)19-15-10-9-13-5-2-3-6-14(13)11-15/h2-8,15,19H,9-11H2,1H3. The number of hydrogen-bond donors (Lipinski definition) is 1.